The number of halogens is 1. The summed E-state index contributed by atoms with van der Waals surface area (Å²) in [6, 6.07) is 17.8. The van der Waals surface area contributed by atoms with Crippen molar-refractivity contribution in [2.75, 3.05) is 11.9 Å². The molecule has 1 atom stereocenters. The molecule has 0 bridgehead atoms. The molecule has 1 aliphatic heterocycles. The van der Waals surface area contributed by atoms with Gasteiger partial charge in [0.15, 0.2) is 5.50 Å². The van der Waals surface area contributed by atoms with E-state index in [9.17, 15) is 4.79 Å². The first-order valence-electron chi connectivity index (χ1n) is 10.3. The molecule has 3 aromatic rings. The number of thioether (sulfide) groups is 1. The van der Waals surface area contributed by atoms with Crippen LogP contribution in [0.15, 0.2) is 59.5 Å². The van der Waals surface area contributed by atoms with Crippen molar-refractivity contribution >= 4 is 51.8 Å². The predicted octanol–water partition coefficient (Wildman–Crippen LogP) is 6.44. The predicted molar refractivity (Wildman–Crippen MR) is 132 cm³/mol. The van der Waals surface area contributed by atoms with Gasteiger partial charge >= 0.3 is 0 Å². The van der Waals surface area contributed by atoms with E-state index in [0.29, 0.717) is 22.5 Å². The molecule has 1 saturated heterocycles. The van der Waals surface area contributed by atoms with Gasteiger partial charge in [0.05, 0.1) is 11.5 Å². The molecule has 2 N–H and O–H groups in total. The Labute approximate surface area is 192 Å². The monoisotopic (exact) mass is 452 g/mol. The fourth-order valence-corrected chi connectivity index (χ4v) is 4.63. The average molecular weight is 453 g/mol. The Hall–Kier alpha value is -2.63. The van der Waals surface area contributed by atoms with Crippen molar-refractivity contribution < 1.29 is 9.53 Å². The van der Waals surface area contributed by atoms with Gasteiger partial charge in [-0.25, -0.2) is 0 Å². The highest BCUT2D eigenvalue weighted by Gasteiger charge is 2.27. The quantitative estimate of drug-likeness (QED) is 0.423. The van der Waals surface area contributed by atoms with Gasteiger partial charge < -0.3 is 15.4 Å². The fraction of sp³-hybridized carbons (Fsp3) is 0.240. The maximum Gasteiger partial charge on any atom is 0.260 e. The number of aryl methyl sites for hydroxylation is 1. The van der Waals surface area contributed by atoms with E-state index in [1.165, 1.54) is 11.8 Å². The highest BCUT2D eigenvalue weighted by atomic mass is 35.5. The van der Waals surface area contributed by atoms with Gasteiger partial charge in [-0.1, -0.05) is 67.5 Å². The van der Waals surface area contributed by atoms with Crippen LogP contribution in [0.4, 0.5) is 5.69 Å². The Balaban J connectivity index is 1.58. The molecule has 3 aromatic carbocycles. The van der Waals surface area contributed by atoms with Crippen molar-refractivity contribution in [3.05, 3.63) is 75.7 Å². The highest BCUT2D eigenvalue weighted by molar-refractivity contribution is 8.05. The van der Waals surface area contributed by atoms with Crippen molar-refractivity contribution in [3.63, 3.8) is 0 Å². The third-order valence-corrected chi connectivity index (χ3v) is 6.25. The van der Waals surface area contributed by atoms with Crippen LogP contribution in [0.1, 0.15) is 25.0 Å². The molecule has 1 aliphatic rings. The second-order valence-electron chi connectivity index (χ2n) is 7.99. The molecule has 1 unspecified atom stereocenters. The topological polar surface area (TPSA) is 50.4 Å². The first-order chi connectivity index (χ1) is 14.9. The summed E-state index contributed by atoms with van der Waals surface area (Å²) < 4.78 is 6.01. The number of ether oxygens (including phenoxy) is 1. The Bertz CT molecular complexity index is 1160. The Kier molecular flexibility index (Phi) is 6.44. The molecule has 1 fully saturated rings. The summed E-state index contributed by atoms with van der Waals surface area (Å²) in [5, 5.41) is 9.17. The van der Waals surface area contributed by atoms with E-state index in [1.807, 2.05) is 55.5 Å². The molecule has 160 valence electrons. The molecule has 1 heterocycles. The third kappa shape index (κ3) is 5.00. The zero-order chi connectivity index (χ0) is 22.0. The minimum absolute atomic E-state index is 0.0849. The van der Waals surface area contributed by atoms with Gasteiger partial charge in [0.2, 0.25) is 0 Å². The van der Waals surface area contributed by atoms with Crippen LogP contribution >= 0.6 is 23.4 Å². The van der Waals surface area contributed by atoms with E-state index in [4.69, 9.17) is 16.3 Å². The van der Waals surface area contributed by atoms with Crippen molar-refractivity contribution in [1.82, 2.24) is 5.32 Å². The van der Waals surface area contributed by atoms with Gasteiger partial charge in [-0.15, -0.1) is 0 Å². The van der Waals surface area contributed by atoms with Crippen LogP contribution in [0.2, 0.25) is 5.02 Å². The number of fused-ring (bicyclic) bond motifs is 1. The number of hydrogen-bond acceptors (Lipinski definition) is 4. The van der Waals surface area contributed by atoms with Crippen LogP contribution in [-0.2, 0) is 4.79 Å². The van der Waals surface area contributed by atoms with E-state index in [0.717, 1.165) is 33.3 Å². The van der Waals surface area contributed by atoms with Crippen molar-refractivity contribution in [2.45, 2.75) is 26.3 Å². The van der Waals surface area contributed by atoms with Crippen molar-refractivity contribution in [1.29, 1.82) is 0 Å². The largest absolute Gasteiger partial charge is 0.493 e. The van der Waals surface area contributed by atoms with Crippen LogP contribution in [0, 0.1) is 12.8 Å². The minimum atomic E-state index is -0.237. The Morgan fingerprint density at radius 3 is 2.68 bits per heavy atom. The SMILES string of the molecule is Cc1cc(Cl)ccc1NC1NC(=O)/C(=C/c2ccc(OCC(C)C)c3ccccc23)S1. The van der Waals surface area contributed by atoms with Gasteiger partial charge in [-0.2, -0.15) is 0 Å². The smallest absolute Gasteiger partial charge is 0.260 e. The second-order valence-corrected chi connectivity index (χ2v) is 9.57. The standard InChI is InChI=1S/C25H25ClN2O2S/c1-15(2)14-30-22-11-8-17(19-6-4-5-7-20(19)22)13-23-24(29)28-25(31-23)27-21-10-9-18(26)12-16(21)3/h4-13,15,25,27H,14H2,1-3H3,(H,28,29)/b23-13-. The third-order valence-electron chi connectivity index (χ3n) is 4.98. The van der Waals surface area contributed by atoms with Gasteiger partial charge in [0.25, 0.3) is 5.91 Å². The molecule has 0 aromatic heterocycles. The molecule has 4 nitrogen and oxygen atoms in total. The number of anilines is 1. The molecule has 4 rings (SSSR count). The second kappa shape index (κ2) is 9.25. The number of hydrogen-bond donors (Lipinski definition) is 2. The van der Waals surface area contributed by atoms with Crippen LogP contribution < -0.4 is 15.4 Å². The van der Waals surface area contributed by atoms with E-state index >= 15 is 0 Å². The summed E-state index contributed by atoms with van der Waals surface area (Å²) in [7, 11) is 0. The number of amides is 1. The molecule has 0 saturated carbocycles. The molecule has 6 heteroatoms. The molecular weight excluding hydrogens is 428 g/mol. The number of carbonyl (C=O) groups excluding carboxylic acids is 1. The lowest BCUT2D eigenvalue weighted by Crippen LogP contribution is -2.31. The van der Waals surface area contributed by atoms with E-state index < -0.39 is 0 Å². The molecule has 1 amide bonds. The van der Waals surface area contributed by atoms with Crippen molar-refractivity contribution in [3.8, 4) is 5.75 Å². The number of rotatable bonds is 6. The van der Waals surface area contributed by atoms with Gasteiger partial charge in [-0.05, 0) is 59.7 Å². The molecule has 0 radical (unpaired) electrons. The summed E-state index contributed by atoms with van der Waals surface area (Å²) in [6.45, 7) is 6.92. The Morgan fingerprint density at radius 1 is 1.16 bits per heavy atom. The van der Waals surface area contributed by atoms with Crippen LogP contribution in [0.25, 0.3) is 16.8 Å². The molecule has 0 aliphatic carbocycles. The average Bonchev–Trinajstić information content (AvgIpc) is 3.08. The van der Waals surface area contributed by atoms with Crippen LogP contribution in [-0.4, -0.2) is 18.0 Å². The molecule has 0 spiro atoms. The van der Waals surface area contributed by atoms with E-state index in [2.05, 4.69) is 36.6 Å². The first-order valence-corrected chi connectivity index (χ1v) is 11.5. The Morgan fingerprint density at radius 2 is 1.94 bits per heavy atom. The summed E-state index contributed by atoms with van der Waals surface area (Å²) in [5.41, 5.74) is 2.73. The van der Waals surface area contributed by atoms with Crippen LogP contribution in [0.5, 0.6) is 5.75 Å². The number of benzene rings is 3. The van der Waals surface area contributed by atoms with Gasteiger partial charge in [0, 0.05) is 16.1 Å². The maximum absolute atomic E-state index is 12.6. The summed E-state index contributed by atoms with van der Waals surface area (Å²) in [5.74, 6) is 1.24. The summed E-state index contributed by atoms with van der Waals surface area (Å²) >= 11 is 7.52. The number of carbonyl (C=O) groups is 1. The lowest BCUT2D eigenvalue weighted by atomic mass is 10.0. The van der Waals surface area contributed by atoms with Crippen molar-refractivity contribution in [2.24, 2.45) is 5.92 Å². The zero-order valence-electron chi connectivity index (χ0n) is 17.7. The minimum Gasteiger partial charge on any atom is -0.493 e. The first kappa shape index (κ1) is 21.6. The fourth-order valence-electron chi connectivity index (χ4n) is 3.44. The molecule has 31 heavy (non-hydrogen) atoms. The van der Waals surface area contributed by atoms with E-state index in [-0.39, 0.29) is 11.4 Å². The maximum atomic E-state index is 12.6. The summed E-state index contributed by atoms with van der Waals surface area (Å²) in [4.78, 5) is 13.3. The summed E-state index contributed by atoms with van der Waals surface area (Å²) in [6.07, 6.45) is 1.95. The van der Waals surface area contributed by atoms with E-state index in [1.54, 1.807) is 0 Å². The lowest BCUT2D eigenvalue weighted by molar-refractivity contribution is -0.116. The van der Waals surface area contributed by atoms with Crippen LogP contribution in [0.3, 0.4) is 0 Å². The zero-order valence-corrected chi connectivity index (χ0v) is 19.3. The van der Waals surface area contributed by atoms with Gasteiger partial charge in [0.1, 0.15) is 5.75 Å². The number of nitrogens with one attached hydrogen (secondary N) is 2. The highest BCUT2D eigenvalue weighted by Crippen LogP contribution is 2.35. The molecular formula is C25H25ClN2O2S. The van der Waals surface area contributed by atoms with Gasteiger partial charge in [-0.3, -0.25) is 4.79 Å². The normalized spacial score (nSPS) is 17.4. The lowest BCUT2D eigenvalue weighted by Gasteiger charge is -2.15.